The van der Waals surface area contributed by atoms with Crippen LogP contribution in [0, 0.1) is 17.6 Å². The van der Waals surface area contributed by atoms with Crippen LogP contribution in [0.3, 0.4) is 0 Å². The fourth-order valence-corrected chi connectivity index (χ4v) is 6.30. The molecule has 2 heterocycles. The number of thiophene rings is 1. The fourth-order valence-electron chi connectivity index (χ4n) is 4.08. The van der Waals surface area contributed by atoms with Crippen molar-refractivity contribution in [3.8, 4) is 11.1 Å². The van der Waals surface area contributed by atoms with Crippen molar-refractivity contribution < 1.29 is 28.3 Å². The molecule has 184 valence electrons. The van der Waals surface area contributed by atoms with Crippen LogP contribution in [0.1, 0.15) is 37.0 Å². The van der Waals surface area contributed by atoms with Gasteiger partial charge in [-0.25, -0.2) is 8.78 Å². The van der Waals surface area contributed by atoms with Gasteiger partial charge >= 0.3 is 5.97 Å². The van der Waals surface area contributed by atoms with Gasteiger partial charge in [0, 0.05) is 23.9 Å². The monoisotopic (exact) mass is 536 g/mol. The Hall–Kier alpha value is -2.63. The van der Waals surface area contributed by atoms with Gasteiger partial charge in [0.25, 0.3) is 5.91 Å². The Balaban J connectivity index is 1.32. The minimum Gasteiger partial charge on any atom is -0.481 e. The second kappa shape index (κ2) is 11.0. The number of thioether (sulfide) groups is 1. The van der Waals surface area contributed by atoms with E-state index in [-0.39, 0.29) is 36.7 Å². The third kappa shape index (κ3) is 6.14. The second-order valence-corrected chi connectivity index (χ2v) is 11.0. The van der Waals surface area contributed by atoms with E-state index in [1.54, 1.807) is 17.5 Å². The van der Waals surface area contributed by atoms with E-state index in [1.165, 1.54) is 22.3 Å². The largest absolute Gasteiger partial charge is 0.481 e. The number of nitrogens with zero attached hydrogens (tertiary/aromatic N) is 1. The molecule has 1 saturated heterocycles. The van der Waals surface area contributed by atoms with Crippen LogP contribution >= 0.6 is 35.3 Å². The van der Waals surface area contributed by atoms with Gasteiger partial charge in [0.05, 0.1) is 10.8 Å². The standard InChI is InChI=1S/C24H22F2N2O4S3/c25-18-6-3-14(10-19(18)26)15-9-17(34-12-15)11-20-22(30)28(24(33)35-20)8-7-21(29)27-16-4-1-13(2-5-16)23(31)32/h3,6,9-13,16H,1-2,4-5,7-8H2,(H,27,29)(H,31,32). The van der Waals surface area contributed by atoms with Crippen molar-refractivity contribution in [3.05, 3.63) is 51.1 Å². The average molecular weight is 537 g/mol. The normalized spacial score (nSPS) is 21.5. The lowest BCUT2D eigenvalue weighted by atomic mass is 9.86. The van der Waals surface area contributed by atoms with Gasteiger partial charge in [-0.1, -0.05) is 30.0 Å². The van der Waals surface area contributed by atoms with Crippen molar-refractivity contribution in [2.45, 2.75) is 38.1 Å². The molecule has 0 unspecified atom stereocenters. The summed E-state index contributed by atoms with van der Waals surface area (Å²) in [5.74, 6) is -3.45. The summed E-state index contributed by atoms with van der Waals surface area (Å²) in [6, 6.07) is 5.43. The number of rotatable bonds is 7. The molecule has 2 N–H and O–H groups in total. The minimum absolute atomic E-state index is 0.0493. The van der Waals surface area contributed by atoms with E-state index in [0.29, 0.717) is 46.0 Å². The van der Waals surface area contributed by atoms with Gasteiger partial charge in [0.15, 0.2) is 11.6 Å². The summed E-state index contributed by atoms with van der Waals surface area (Å²) < 4.78 is 27.1. The van der Waals surface area contributed by atoms with Crippen LogP contribution in [-0.4, -0.2) is 44.7 Å². The highest BCUT2D eigenvalue weighted by atomic mass is 32.2. The third-order valence-electron chi connectivity index (χ3n) is 6.02. The molecule has 2 fully saturated rings. The molecule has 1 aromatic heterocycles. The Morgan fingerprint density at radius 2 is 1.89 bits per heavy atom. The fraction of sp³-hybridized carbons (Fsp3) is 0.333. The van der Waals surface area contributed by atoms with Crippen molar-refractivity contribution in [1.82, 2.24) is 10.2 Å². The lowest BCUT2D eigenvalue weighted by Crippen LogP contribution is -2.40. The quantitative estimate of drug-likeness (QED) is 0.381. The number of hydrogen-bond acceptors (Lipinski definition) is 6. The van der Waals surface area contributed by atoms with Gasteiger partial charge in [0.1, 0.15) is 4.32 Å². The molecule has 2 amide bonds. The van der Waals surface area contributed by atoms with Crippen molar-refractivity contribution in [1.29, 1.82) is 0 Å². The van der Waals surface area contributed by atoms with Gasteiger partial charge in [-0.05, 0) is 66.5 Å². The maximum atomic E-state index is 13.5. The molecule has 1 aromatic carbocycles. The predicted molar refractivity (Wildman–Crippen MR) is 136 cm³/mol. The van der Waals surface area contributed by atoms with E-state index in [4.69, 9.17) is 17.3 Å². The van der Waals surface area contributed by atoms with E-state index in [0.717, 1.165) is 28.8 Å². The van der Waals surface area contributed by atoms with Gasteiger partial charge in [-0.3, -0.25) is 19.3 Å². The number of halogens is 2. The second-order valence-electron chi connectivity index (χ2n) is 8.40. The first kappa shape index (κ1) is 25.5. The number of hydrogen-bond donors (Lipinski definition) is 2. The minimum atomic E-state index is -0.923. The summed E-state index contributed by atoms with van der Waals surface area (Å²) in [6.45, 7) is 0.156. The Kier molecular flexibility index (Phi) is 7.98. The SMILES string of the molecule is O=C(CCN1C(=O)C(=Cc2cc(-c3ccc(F)c(F)c3)cs2)SC1=S)NC1CCC(C(=O)O)CC1. The Labute approximate surface area is 214 Å². The Morgan fingerprint density at radius 1 is 1.14 bits per heavy atom. The Bertz CT molecular complexity index is 1210. The highest BCUT2D eigenvalue weighted by Crippen LogP contribution is 2.35. The zero-order valence-corrected chi connectivity index (χ0v) is 20.9. The van der Waals surface area contributed by atoms with E-state index in [9.17, 15) is 23.2 Å². The molecule has 1 aliphatic heterocycles. The van der Waals surface area contributed by atoms with Gasteiger partial charge in [-0.2, -0.15) is 0 Å². The summed E-state index contributed by atoms with van der Waals surface area (Å²) in [6.07, 6.45) is 4.13. The molecule has 4 rings (SSSR count). The first-order valence-corrected chi connectivity index (χ1v) is 13.1. The van der Waals surface area contributed by atoms with E-state index < -0.39 is 17.6 Å². The number of carboxylic acid groups (broad SMARTS) is 1. The summed E-state index contributed by atoms with van der Waals surface area (Å²) >= 11 is 7.86. The molecule has 1 saturated carbocycles. The summed E-state index contributed by atoms with van der Waals surface area (Å²) in [4.78, 5) is 38.9. The number of nitrogens with one attached hydrogen (secondary N) is 1. The molecule has 0 bridgehead atoms. The highest BCUT2D eigenvalue weighted by Gasteiger charge is 2.33. The first-order chi connectivity index (χ1) is 16.7. The van der Waals surface area contributed by atoms with Crippen LogP contribution < -0.4 is 5.32 Å². The highest BCUT2D eigenvalue weighted by molar-refractivity contribution is 8.26. The molecular formula is C24H22F2N2O4S3. The van der Waals surface area contributed by atoms with Gasteiger partial charge in [0.2, 0.25) is 5.91 Å². The molecule has 35 heavy (non-hydrogen) atoms. The van der Waals surface area contributed by atoms with Gasteiger partial charge in [-0.15, -0.1) is 11.3 Å². The molecule has 0 radical (unpaired) electrons. The maximum absolute atomic E-state index is 13.5. The molecule has 2 aliphatic rings. The molecule has 0 spiro atoms. The van der Waals surface area contributed by atoms with Crippen LogP contribution in [0.4, 0.5) is 8.78 Å². The number of carbonyl (C=O) groups is 3. The molecule has 11 heteroatoms. The zero-order valence-electron chi connectivity index (χ0n) is 18.5. The first-order valence-electron chi connectivity index (χ1n) is 11.0. The van der Waals surface area contributed by atoms with Crippen LogP contribution in [0.5, 0.6) is 0 Å². The van der Waals surface area contributed by atoms with Gasteiger partial charge < -0.3 is 10.4 Å². The van der Waals surface area contributed by atoms with E-state index >= 15 is 0 Å². The number of benzene rings is 1. The summed E-state index contributed by atoms with van der Waals surface area (Å²) in [7, 11) is 0. The number of thiocarbonyl (C=S) groups is 1. The predicted octanol–water partition coefficient (Wildman–Crippen LogP) is 5.04. The Morgan fingerprint density at radius 3 is 2.57 bits per heavy atom. The van der Waals surface area contributed by atoms with Crippen molar-refractivity contribution in [2.75, 3.05) is 6.54 Å². The zero-order chi connectivity index (χ0) is 25.1. The number of aliphatic carboxylic acids is 1. The molecule has 2 aromatic rings. The average Bonchev–Trinajstić information content (AvgIpc) is 3.39. The molecule has 1 aliphatic carbocycles. The smallest absolute Gasteiger partial charge is 0.306 e. The molecular weight excluding hydrogens is 514 g/mol. The number of amides is 2. The number of carboxylic acids is 1. The number of carbonyl (C=O) groups excluding carboxylic acids is 2. The lowest BCUT2D eigenvalue weighted by Gasteiger charge is -2.27. The van der Waals surface area contributed by atoms with Crippen molar-refractivity contribution >= 4 is 63.5 Å². The van der Waals surface area contributed by atoms with Crippen LogP contribution in [-0.2, 0) is 14.4 Å². The molecule has 6 nitrogen and oxygen atoms in total. The van der Waals surface area contributed by atoms with Crippen molar-refractivity contribution in [2.24, 2.45) is 5.92 Å². The van der Waals surface area contributed by atoms with Crippen LogP contribution in [0.2, 0.25) is 0 Å². The molecule has 0 atom stereocenters. The van der Waals surface area contributed by atoms with Crippen LogP contribution in [0.25, 0.3) is 17.2 Å². The summed E-state index contributed by atoms with van der Waals surface area (Å²) in [5, 5.41) is 13.8. The third-order valence-corrected chi connectivity index (χ3v) is 8.28. The lowest BCUT2D eigenvalue weighted by molar-refractivity contribution is -0.142. The topological polar surface area (TPSA) is 86.7 Å². The van der Waals surface area contributed by atoms with Crippen molar-refractivity contribution in [3.63, 3.8) is 0 Å². The maximum Gasteiger partial charge on any atom is 0.306 e. The summed E-state index contributed by atoms with van der Waals surface area (Å²) in [5.41, 5.74) is 1.25. The van der Waals surface area contributed by atoms with E-state index in [2.05, 4.69) is 5.32 Å². The van der Waals surface area contributed by atoms with E-state index in [1.807, 2.05) is 0 Å². The van der Waals surface area contributed by atoms with Crippen LogP contribution in [0.15, 0.2) is 34.6 Å².